The number of benzene rings is 2. The van der Waals surface area contributed by atoms with Gasteiger partial charge in [-0.1, -0.05) is 6.07 Å². The van der Waals surface area contributed by atoms with E-state index < -0.39 is 15.8 Å². The summed E-state index contributed by atoms with van der Waals surface area (Å²) in [6, 6.07) is 10.4. The molecule has 1 N–H and O–H groups in total. The van der Waals surface area contributed by atoms with E-state index in [1.165, 1.54) is 22.1 Å². The van der Waals surface area contributed by atoms with E-state index in [2.05, 4.69) is 16.3 Å². The molecule has 3 heterocycles. The van der Waals surface area contributed by atoms with Crippen LogP contribution in [0.2, 0.25) is 0 Å². The minimum atomic E-state index is -3.73. The van der Waals surface area contributed by atoms with Gasteiger partial charge in [0.1, 0.15) is 11.6 Å². The summed E-state index contributed by atoms with van der Waals surface area (Å²) in [7, 11) is -2.07. The summed E-state index contributed by atoms with van der Waals surface area (Å²) in [5.41, 5.74) is 2.63. The lowest BCUT2D eigenvalue weighted by atomic mass is 9.78. The average Bonchev–Trinajstić information content (AvgIpc) is 3.27. The summed E-state index contributed by atoms with van der Waals surface area (Å²) in [4.78, 5) is 2.55. The molecule has 2 aromatic carbocycles. The summed E-state index contributed by atoms with van der Waals surface area (Å²) in [5.74, 6) is 0.277. The molecular formula is C23H28FN3O3S. The molecule has 0 bridgehead atoms. The van der Waals surface area contributed by atoms with E-state index in [1.807, 2.05) is 12.1 Å². The molecule has 5 rings (SSSR count). The van der Waals surface area contributed by atoms with Crippen LogP contribution < -0.4 is 15.0 Å². The van der Waals surface area contributed by atoms with Crippen LogP contribution in [0.5, 0.6) is 5.75 Å². The van der Waals surface area contributed by atoms with Gasteiger partial charge in [-0.2, -0.15) is 4.31 Å². The first-order valence-electron chi connectivity index (χ1n) is 10.8. The molecule has 3 aliphatic rings. The molecule has 1 unspecified atom stereocenters. The summed E-state index contributed by atoms with van der Waals surface area (Å²) in [6.07, 6.45) is 3.63. The number of rotatable bonds is 3. The molecule has 166 valence electrons. The molecule has 8 heteroatoms. The van der Waals surface area contributed by atoms with E-state index in [0.717, 1.165) is 36.9 Å². The number of sulfonamides is 1. The number of methoxy groups -OCH3 is 1. The van der Waals surface area contributed by atoms with Crippen molar-refractivity contribution in [1.82, 2.24) is 4.31 Å². The molecule has 6 nitrogen and oxygen atoms in total. The molecule has 1 spiro atoms. The Morgan fingerprint density at radius 3 is 2.65 bits per heavy atom. The van der Waals surface area contributed by atoms with Gasteiger partial charge in [-0.25, -0.2) is 12.8 Å². The van der Waals surface area contributed by atoms with Crippen LogP contribution >= 0.6 is 0 Å². The van der Waals surface area contributed by atoms with Crippen molar-refractivity contribution in [2.45, 2.75) is 49.1 Å². The second kappa shape index (κ2) is 7.38. The number of anilines is 2. The van der Waals surface area contributed by atoms with Gasteiger partial charge in [0.25, 0.3) is 0 Å². The molecule has 2 fully saturated rings. The number of halogens is 1. The third-order valence-electron chi connectivity index (χ3n) is 7.17. The molecule has 0 aliphatic carbocycles. The van der Waals surface area contributed by atoms with Crippen molar-refractivity contribution in [3.8, 4) is 5.75 Å². The van der Waals surface area contributed by atoms with Crippen LogP contribution in [0.15, 0.2) is 41.3 Å². The largest absolute Gasteiger partial charge is 0.497 e. The van der Waals surface area contributed by atoms with E-state index in [4.69, 9.17) is 4.74 Å². The highest BCUT2D eigenvalue weighted by Crippen LogP contribution is 2.48. The number of nitrogens with one attached hydrogen (secondary N) is 1. The minimum Gasteiger partial charge on any atom is -0.497 e. The van der Waals surface area contributed by atoms with E-state index >= 15 is 0 Å². The Kier molecular flexibility index (Phi) is 4.90. The van der Waals surface area contributed by atoms with Crippen molar-refractivity contribution in [3.63, 3.8) is 0 Å². The summed E-state index contributed by atoms with van der Waals surface area (Å²) in [6.45, 7) is 3.54. The second-order valence-electron chi connectivity index (χ2n) is 8.83. The Morgan fingerprint density at radius 2 is 1.90 bits per heavy atom. The van der Waals surface area contributed by atoms with Gasteiger partial charge in [-0.05, 0) is 62.4 Å². The number of hydrogen-bond acceptors (Lipinski definition) is 5. The summed E-state index contributed by atoms with van der Waals surface area (Å²) < 4.78 is 47.2. The Labute approximate surface area is 183 Å². The van der Waals surface area contributed by atoms with Crippen LogP contribution in [0.4, 0.5) is 15.8 Å². The zero-order valence-corrected chi connectivity index (χ0v) is 18.7. The minimum absolute atomic E-state index is 0.0672. The molecular weight excluding hydrogens is 417 g/mol. The maximum Gasteiger partial charge on any atom is 0.243 e. The Morgan fingerprint density at radius 1 is 1.13 bits per heavy atom. The number of ether oxygens (including phenoxy) is 1. The highest BCUT2D eigenvalue weighted by molar-refractivity contribution is 7.89. The van der Waals surface area contributed by atoms with Gasteiger partial charge >= 0.3 is 0 Å². The van der Waals surface area contributed by atoms with Crippen LogP contribution in [-0.2, 0) is 10.0 Å². The lowest BCUT2D eigenvalue weighted by molar-refractivity contribution is 0.219. The van der Waals surface area contributed by atoms with Crippen LogP contribution in [0, 0.1) is 12.7 Å². The predicted molar refractivity (Wildman–Crippen MR) is 119 cm³/mol. The van der Waals surface area contributed by atoms with Gasteiger partial charge in [-0.15, -0.1) is 0 Å². The van der Waals surface area contributed by atoms with Gasteiger partial charge in [-0.3, -0.25) is 0 Å². The third-order valence-corrected chi connectivity index (χ3v) is 9.21. The van der Waals surface area contributed by atoms with Crippen molar-refractivity contribution in [3.05, 3.63) is 47.8 Å². The van der Waals surface area contributed by atoms with Gasteiger partial charge in [0.05, 0.1) is 35.0 Å². The van der Waals surface area contributed by atoms with Gasteiger partial charge in [0.15, 0.2) is 0 Å². The first-order valence-corrected chi connectivity index (χ1v) is 12.3. The lowest BCUT2D eigenvalue weighted by Crippen LogP contribution is -2.62. The van der Waals surface area contributed by atoms with E-state index in [1.54, 1.807) is 14.0 Å². The van der Waals surface area contributed by atoms with Crippen molar-refractivity contribution >= 4 is 21.4 Å². The normalized spacial score (nSPS) is 22.7. The molecule has 0 amide bonds. The molecule has 0 aromatic heterocycles. The molecule has 2 aromatic rings. The number of fused-ring (bicyclic) bond motifs is 4. The number of piperidine rings is 1. The standard InChI is InChI=1S/C23H28FN3O3S/c1-16-5-6-17(24)14-21(16)31(28,29)26-12-9-23(10-13-26)22-4-3-11-27(22)20-8-7-18(30-2)15-19(20)25-23/h5-8,14-15,22,25H,3-4,9-13H2,1-2H3. The fourth-order valence-corrected chi connectivity index (χ4v) is 7.23. The van der Waals surface area contributed by atoms with E-state index in [0.29, 0.717) is 37.5 Å². The highest BCUT2D eigenvalue weighted by Gasteiger charge is 2.50. The van der Waals surface area contributed by atoms with Gasteiger partial charge in [0, 0.05) is 25.7 Å². The SMILES string of the molecule is COc1ccc2c(c1)NC1(CCN(S(=O)(=O)c3cc(F)ccc3C)CC1)C1CCCN21. The zero-order chi connectivity index (χ0) is 21.8. The summed E-state index contributed by atoms with van der Waals surface area (Å²) >= 11 is 0. The van der Waals surface area contributed by atoms with Crippen LogP contribution in [0.1, 0.15) is 31.2 Å². The fraction of sp³-hybridized carbons (Fsp3) is 0.478. The topological polar surface area (TPSA) is 61.9 Å². The van der Waals surface area contributed by atoms with Crippen LogP contribution in [0.3, 0.4) is 0 Å². The molecule has 1 atom stereocenters. The van der Waals surface area contributed by atoms with Gasteiger partial charge < -0.3 is 15.0 Å². The monoisotopic (exact) mass is 445 g/mol. The summed E-state index contributed by atoms with van der Waals surface area (Å²) in [5, 5.41) is 3.79. The van der Waals surface area contributed by atoms with Crippen LogP contribution in [-0.4, -0.2) is 51.0 Å². The number of aryl methyl sites for hydroxylation is 1. The second-order valence-corrected chi connectivity index (χ2v) is 10.7. The Balaban J connectivity index is 1.43. The highest BCUT2D eigenvalue weighted by atomic mass is 32.2. The number of nitrogens with zero attached hydrogens (tertiary/aromatic N) is 2. The van der Waals surface area contributed by atoms with Crippen molar-refractivity contribution in [2.24, 2.45) is 0 Å². The quantitative estimate of drug-likeness (QED) is 0.780. The van der Waals surface area contributed by atoms with Crippen LogP contribution in [0.25, 0.3) is 0 Å². The molecule has 0 saturated carbocycles. The number of hydrogen-bond donors (Lipinski definition) is 1. The third kappa shape index (κ3) is 3.27. The van der Waals surface area contributed by atoms with Crippen molar-refractivity contribution in [1.29, 1.82) is 0 Å². The molecule has 0 radical (unpaired) electrons. The van der Waals surface area contributed by atoms with Gasteiger partial charge in [0.2, 0.25) is 10.0 Å². The van der Waals surface area contributed by atoms with E-state index in [-0.39, 0.29) is 10.4 Å². The Bertz CT molecular complexity index is 1110. The first kappa shape index (κ1) is 20.6. The fourth-order valence-electron chi connectivity index (χ4n) is 5.55. The molecule has 3 aliphatic heterocycles. The van der Waals surface area contributed by atoms with Crippen molar-refractivity contribution in [2.75, 3.05) is 37.0 Å². The smallest absolute Gasteiger partial charge is 0.243 e. The Hall–Kier alpha value is -2.32. The molecule has 2 saturated heterocycles. The van der Waals surface area contributed by atoms with E-state index in [9.17, 15) is 12.8 Å². The maximum absolute atomic E-state index is 13.8. The zero-order valence-electron chi connectivity index (χ0n) is 17.9. The maximum atomic E-state index is 13.8. The first-order chi connectivity index (χ1) is 14.8. The lowest BCUT2D eigenvalue weighted by Gasteiger charge is -2.53. The average molecular weight is 446 g/mol. The van der Waals surface area contributed by atoms with Crippen molar-refractivity contribution < 1.29 is 17.5 Å². The predicted octanol–water partition coefficient (Wildman–Crippen LogP) is 3.76. The molecule has 31 heavy (non-hydrogen) atoms.